The second-order valence-corrected chi connectivity index (χ2v) is 6.21. The van der Waals surface area contributed by atoms with Crippen LogP contribution in [0.1, 0.15) is 38.8 Å². The molecule has 0 saturated carbocycles. The van der Waals surface area contributed by atoms with E-state index in [9.17, 15) is 56.2 Å². The maximum absolute atomic E-state index is 12.5. The van der Waals surface area contributed by atoms with Crippen molar-refractivity contribution in [2.75, 3.05) is 6.54 Å². The predicted molar refractivity (Wildman–Crippen MR) is 101 cm³/mol. The molecule has 0 fully saturated rings. The molecular formula is C18H13F6N3O7. The molecule has 0 aliphatic rings. The molecule has 0 aromatic heterocycles. The minimum Gasteiger partial charge on any atom is -0.478 e. The number of nitrogens with zero attached hydrogens (tertiary/aromatic N) is 2. The zero-order valence-corrected chi connectivity index (χ0v) is 16.7. The molecule has 0 bridgehead atoms. The molecule has 1 amide bonds. The van der Waals surface area contributed by atoms with Gasteiger partial charge in [0.1, 0.15) is 0 Å². The van der Waals surface area contributed by atoms with E-state index in [1.807, 2.05) is 0 Å². The van der Waals surface area contributed by atoms with Gasteiger partial charge >= 0.3 is 18.3 Å². The minimum absolute atomic E-state index is 0.211. The number of benzene rings is 2. The number of nitrogens with one attached hydrogen (secondary N) is 1. The normalized spacial score (nSPS) is 11.1. The second kappa shape index (κ2) is 10.6. The maximum Gasteiger partial charge on any atom is 0.416 e. The first-order valence-corrected chi connectivity index (χ1v) is 8.72. The third-order valence-corrected chi connectivity index (χ3v) is 3.76. The van der Waals surface area contributed by atoms with E-state index in [0.29, 0.717) is 24.3 Å². The number of amides is 1. The summed E-state index contributed by atoms with van der Waals surface area (Å²) in [4.78, 5) is 40.6. The molecule has 16 heteroatoms. The number of alkyl halides is 6. The Kier molecular flexibility index (Phi) is 8.65. The Morgan fingerprint density at radius 3 is 1.53 bits per heavy atom. The molecule has 10 nitrogen and oxygen atoms in total. The zero-order valence-electron chi connectivity index (χ0n) is 16.7. The number of halogens is 6. The minimum atomic E-state index is -4.82. The van der Waals surface area contributed by atoms with Crippen LogP contribution < -0.4 is 5.32 Å². The summed E-state index contributed by atoms with van der Waals surface area (Å²) in [7, 11) is 0. The van der Waals surface area contributed by atoms with Gasteiger partial charge in [-0.2, -0.15) is 26.3 Å². The van der Waals surface area contributed by atoms with E-state index in [0.717, 1.165) is 6.07 Å². The van der Waals surface area contributed by atoms with Crippen LogP contribution in [0.15, 0.2) is 36.4 Å². The number of aromatic carboxylic acids is 1. The van der Waals surface area contributed by atoms with E-state index < -0.39 is 67.7 Å². The van der Waals surface area contributed by atoms with E-state index in [4.69, 9.17) is 5.11 Å². The monoisotopic (exact) mass is 497 g/mol. The van der Waals surface area contributed by atoms with Gasteiger partial charge in [0.15, 0.2) is 0 Å². The molecule has 184 valence electrons. The van der Waals surface area contributed by atoms with Gasteiger partial charge in [0.05, 0.1) is 26.5 Å². The van der Waals surface area contributed by atoms with E-state index in [1.165, 1.54) is 0 Å². The molecular weight excluding hydrogens is 484 g/mol. The standard InChI is InChI=1S/C10H9F3N2O3.C8H4F3NO4/c1-2-14-9(16)6-3-7(10(11,12)13)5-8(4-6)15(17)18;9-8(10,11)5-1-4(7(13)14)2-6(3-5)12(15)16/h3-5H,2H2,1H3,(H,14,16);1-3H,(H,13,14). The number of nitro benzene ring substituents is 2. The van der Waals surface area contributed by atoms with Crippen molar-refractivity contribution in [2.24, 2.45) is 0 Å². The number of non-ortho nitro benzene ring substituents is 2. The van der Waals surface area contributed by atoms with Crippen LogP contribution in [-0.4, -0.2) is 33.4 Å². The second-order valence-electron chi connectivity index (χ2n) is 6.21. The van der Waals surface area contributed by atoms with Crippen molar-refractivity contribution in [1.82, 2.24) is 5.32 Å². The number of carbonyl (C=O) groups excluding carboxylic acids is 1. The highest BCUT2D eigenvalue weighted by Gasteiger charge is 2.34. The van der Waals surface area contributed by atoms with Crippen LogP contribution in [0.2, 0.25) is 0 Å². The molecule has 2 aromatic carbocycles. The van der Waals surface area contributed by atoms with Gasteiger partial charge < -0.3 is 10.4 Å². The predicted octanol–water partition coefficient (Wildman–Crippen LogP) is 4.68. The summed E-state index contributed by atoms with van der Waals surface area (Å²) < 4.78 is 74.3. The van der Waals surface area contributed by atoms with Gasteiger partial charge in [-0.25, -0.2) is 4.79 Å². The van der Waals surface area contributed by atoms with Gasteiger partial charge in [0.2, 0.25) is 0 Å². The highest BCUT2D eigenvalue weighted by Crippen LogP contribution is 2.33. The average molecular weight is 497 g/mol. The number of hydrogen-bond acceptors (Lipinski definition) is 6. The Bertz CT molecular complexity index is 1080. The first-order valence-electron chi connectivity index (χ1n) is 8.72. The van der Waals surface area contributed by atoms with E-state index in [2.05, 4.69) is 5.32 Å². The van der Waals surface area contributed by atoms with Gasteiger partial charge in [-0.1, -0.05) is 0 Å². The van der Waals surface area contributed by atoms with Crippen LogP contribution in [0.3, 0.4) is 0 Å². The average Bonchev–Trinajstić information content (AvgIpc) is 2.72. The van der Waals surface area contributed by atoms with Crippen molar-refractivity contribution in [3.05, 3.63) is 78.9 Å². The first kappa shape index (κ1) is 27.8. The van der Waals surface area contributed by atoms with Gasteiger partial charge in [-0.15, -0.1) is 0 Å². The molecule has 0 heterocycles. The van der Waals surface area contributed by atoms with Crippen LogP contribution >= 0.6 is 0 Å². The summed E-state index contributed by atoms with van der Waals surface area (Å²) in [6.07, 6.45) is -9.57. The topological polar surface area (TPSA) is 153 Å². The highest BCUT2D eigenvalue weighted by atomic mass is 19.4. The Labute approximate surface area is 185 Å². The third kappa shape index (κ3) is 7.72. The summed E-state index contributed by atoms with van der Waals surface area (Å²) in [5, 5.41) is 31.6. The highest BCUT2D eigenvalue weighted by molar-refractivity contribution is 5.95. The number of rotatable bonds is 5. The maximum atomic E-state index is 12.5. The van der Waals surface area contributed by atoms with Crippen molar-refractivity contribution < 1.29 is 50.9 Å². The van der Waals surface area contributed by atoms with Gasteiger partial charge in [-0.3, -0.25) is 25.0 Å². The Morgan fingerprint density at radius 2 is 1.21 bits per heavy atom. The van der Waals surface area contributed by atoms with Crippen LogP contribution in [0.5, 0.6) is 0 Å². The van der Waals surface area contributed by atoms with Crippen LogP contribution in [-0.2, 0) is 12.4 Å². The van der Waals surface area contributed by atoms with Gasteiger partial charge in [0.25, 0.3) is 17.3 Å². The molecule has 0 spiro atoms. The fourth-order valence-corrected chi connectivity index (χ4v) is 2.28. The van der Waals surface area contributed by atoms with Crippen LogP contribution in [0, 0.1) is 20.2 Å². The van der Waals surface area contributed by atoms with E-state index in [1.54, 1.807) is 6.92 Å². The Hall–Kier alpha value is -4.24. The fourth-order valence-electron chi connectivity index (χ4n) is 2.28. The van der Waals surface area contributed by atoms with E-state index in [-0.39, 0.29) is 12.6 Å². The summed E-state index contributed by atoms with van der Waals surface area (Å²) in [6.45, 7) is 1.79. The molecule has 34 heavy (non-hydrogen) atoms. The van der Waals surface area contributed by atoms with Crippen molar-refractivity contribution in [3.8, 4) is 0 Å². The summed E-state index contributed by atoms with van der Waals surface area (Å²) >= 11 is 0. The third-order valence-electron chi connectivity index (χ3n) is 3.76. The molecule has 0 unspecified atom stereocenters. The number of carboxylic acid groups (broad SMARTS) is 1. The molecule has 0 aliphatic heterocycles. The lowest BCUT2D eigenvalue weighted by atomic mass is 10.1. The van der Waals surface area contributed by atoms with Crippen LogP contribution in [0.4, 0.5) is 37.7 Å². The van der Waals surface area contributed by atoms with Crippen molar-refractivity contribution in [3.63, 3.8) is 0 Å². The largest absolute Gasteiger partial charge is 0.478 e. The molecule has 2 N–H and O–H groups in total. The zero-order chi connectivity index (χ0) is 26.4. The SMILES string of the molecule is CCNC(=O)c1cc([N+](=O)[O-])cc(C(F)(F)F)c1.O=C(O)c1cc([N+](=O)[O-])cc(C(F)(F)F)c1. The molecule has 0 aliphatic carbocycles. The lowest BCUT2D eigenvalue weighted by Gasteiger charge is -2.08. The summed E-state index contributed by atoms with van der Waals surface area (Å²) in [6, 6.07) is 2.97. The summed E-state index contributed by atoms with van der Waals surface area (Å²) in [5.41, 5.74) is -5.43. The molecule has 2 rings (SSSR count). The van der Waals surface area contributed by atoms with E-state index >= 15 is 0 Å². The quantitative estimate of drug-likeness (QED) is 0.346. The number of carboxylic acids is 1. The molecule has 0 atom stereocenters. The molecule has 0 saturated heterocycles. The first-order chi connectivity index (χ1) is 15.5. The number of carbonyl (C=O) groups is 2. The van der Waals surface area contributed by atoms with Gasteiger partial charge in [0, 0.05) is 36.4 Å². The summed E-state index contributed by atoms with van der Waals surface area (Å²) in [5.74, 6) is -2.44. The van der Waals surface area contributed by atoms with Crippen molar-refractivity contribution >= 4 is 23.3 Å². The van der Waals surface area contributed by atoms with Crippen molar-refractivity contribution in [1.29, 1.82) is 0 Å². The van der Waals surface area contributed by atoms with Crippen LogP contribution in [0.25, 0.3) is 0 Å². The van der Waals surface area contributed by atoms with Gasteiger partial charge in [-0.05, 0) is 19.1 Å². The lowest BCUT2D eigenvalue weighted by Crippen LogP contribution is -2.23. The smallest absolute Gasteiger partial charge is 0.416 e. The fraction of sp³-hybridized carbons (Fsp3) is 0.222. The Balaban J connectivity index is 0.000000342. The van der Waals surface area contributed by atoms with Crippen molar-refractivity contribution in [2.45, 2.75) is 19.3 Å². The Morgan fingerprint density at radius 1 is 0.824 bits per heavy atom. The molecule has 0 radical (unpaired) electrons. The number of nitro groups is 2. The molecule has 2 aromatic rings. The number of hydrogen-bond donors (Lipinski definition) is 2. The lowest BCUT2D eigenvalue weighted by molar-refractivity contribution is -0.385.